The van der Waals surface area contributed by atoms with Crippen molar-refractivity contribution in [1.82, 2.24) is 0 Å². The predicted molar refractivity (Wildman–Crippen MR) is 174 cm³/mol. The number of hydrogen-bond acceptors (Lipinski definition) is 4. The minimum absolute atomic E-state index is 0.0183. The number of carbonyl (C=O) groups excluding carboxylic acids is 2. The molecule has 6 heteroatoms. The van der Waals surface area contributed by atoms with Gasteiger partial charge in [0.1, 0.15) is 11.5 Å². The van der Waals surface area contributed by atoms with Crippen molar-refractivity contribution in [2.45, 2.75) is 57.8 Å². The average Bonchev–Trinajstić information content (AvgIpc) is 3.03. The molecular weight excluding hydrogens is 536 g/mol. The molecular formula is C37H42N2O4. The molecule has 0 spiro atoms. The summed E-state index contributed by atoms with van der Waals surface area (Å²) in [6.45, 7) is 1.22. The second-order valence-electron chi connectivity index (χ2n) is 10.6. The normalized spacial score (nSPS) is 10.6. The molecule has 0 bridgehead atoms. The monoisotopic (exact) mass is 578 g/mol. The molecule has 0 aliphatic rings. The summed E-state index contributed by atoms with van der Waals surface area (Å²) in [7, 11) is 0. The van der Waals surface area contributed by atoms with E-state index < -0.39 is 0 Å². The van der Waals surface area contributed by atoms with E-state index in [4.69, 9.17) is 9.47 Å². The second-order valence-corrected chi connectivity index (χ2v) is 10.6. The van der Waals surface area contributed by atoms with E-state index in [0.29, 0.717) is 26.1 Å². The molecule has 43 heavy (non-hydrogen) atoms. The van der Waals surface area contributed by atoms with E-state index in [-0.39, 0.29) is 11.8 Å². The lowest BCUT2D eigenvalue weighted by molar-refractivity contribution is -0.117. The van der Waals surface area contributed by atoms with Gasteiger partial charge in [-0.2, -0.15) is 0 Å². The highest BCUT2D eigenvalue weighted by Gasteiger charge is 2.05. The van der Waals surface area contributed by atoms with Crippen LogP contribution in [-0.4, -0.2) is 25.0 Å². The van der Waals surface area contributed by atoms with Crippen LogP contribution in [0.4, 0.5) is 11.4 Å². The molecule has 4 aromatic carbocycles. The first kappa shape index (κ1) is 31.4. The Hall–Kier alpha value is -4.58. The van der Waals surface area contributed by atoms with Crippen LogP contribution >= 0.6 is 0 Å². The van der Waals surface area contributed by atoms with E-state index in [0.717, 1.165) is 67.8 Å². The molecule has 0 fully saturated rings. The Morgan fingerprint density at radius 1 is 0.465 bits per heavy atom. The van der Waals surface area contributed by atoms with E-state index in [1.54, 1.807) is 0 Å². The average molecular weight is 579 g/mol. The van der Waals surface area contributed by atoms with Gasteiger partial charge in [0.15, 0.2) is 0 Å². The van der Waals surface area contributed by atoms with Crippen molar-refractivity contribution < 1.29 is 19.1 Å². The molecule has 0 unspecified atom stereocenters. The quantitative estimate of drug-likeness (QED) is 0.117. The van der Waals surface area contributed by atoms with Crippen molar-refractivity contribution in [2.24, 2.45) is 0 Å². The number of nitrogens with one attached hydrogen (secondary N) is 2. The van der Waals surface area contributed by atoms with Gasteiger partial charge in [0.2, 0.25) is 11.8 Å². The largest absolute Gasteiger partial charge is 0.493 e. The van der Waals surface area contributed by atoms with Crippen LogP contribution in [0.2, 0.25) is 0 Å². The maximum Gasteiger partial charge on any atom is 0.224 e. The Labute approximate surface area is 255 Å². The fourth-order valence-corrected chi connectivity index (χ4v) is 4.68. The lowest BCUT2D eigenvalue weighted by atomic mass is 10.1. The Balaban J connectivity index is 0.995. The van der Waals surface area contributed by atoms with E-state index in [2.05, 4.69) is 34.9 Å². The van der Waals surface area contributed by atoms with Crippen molar-refractivity contribution in [1.29, 1.82) is 0 Å². The third kappa shape index (κ3) is 12.4. The number of anilines is 2. The van der Waals surface area contributed by atoms with E-state index in [1.165, 1.54) is 11.1 Å². The highest BCUT2D eigenvalue weighted by atomic mass is 16.5. The maximum absolute atomic E-state index is 12.3. The molecule has 6 nitrogen and oxygen atoms in total. The summed E-state index contributed by atoms with van der Waals surface area (Å²) < 4.78 is 11.6. The third-order valence-corrected chi connectivity index (χ3v) is 7.09. The first-order chi connectivity index (χ1) is 21.1. The van der Waals surface area contributed by atoms with E-state index >= 15 is 0 Å². The van der Waals surface area contributed by atoms with Gasteiger partial charge in [-0.05, 0) is 72.5 Å². The van der Waals surface area contributed by atoms with Gasteiger partial charge >= 0.3 is 0 Å². The molecule has 2 amide bonds. The van der Waals surface area contributed by atoms with Crippen molar-refractivity contribution in [3.05, 3.63) is 120 Å². The van der Waals surface area contributed by atoms with Crippen LogP contribution in [-0.2, 0) is 22.4 Å². The summed E-state index contributed by atoms with van der Waals surface area (Å²) in [4.78, 5) is 24.6. The van der Waals surface area contributed by atoms with Crippen LogP contribution in [0.15, 0.2) is 109 Å². The van der Waals surface area contributed by atoms with E-state index in [9.17, 15) is 9.59 Å². The molecule has 0 radical (unpaired) electrons. The zero-order valence-corrected chi connectivity index (χ0v) is 24.8. The third-order valence-electron chi connectivity index (χ3n) is 7.09. The fraction of sp³-hybridized carbons (Fsp3) is 0.297. The summed E-state index contributed by atoms with van der Waals surface area (Å²) in [6.07, 6.45) is 7.29. The minimum Gasteiger partial charge on any atom is -0.493 e. The smallest absolute Gasteiger partial charge is 0.224 e. The van der Waals surface area contributed by atoms with Crippen LogP contribution in [0, 0.1) is 0 Å². The zero-order valence-electron chi connectivity index (χ0n) is 24.8. The van der Waals surface area contributed by atoms with Crippen molar-refractivity contribution in [3.63, 3.8) is 0 Å². The van der Waals surface area contributed by atoms with Gasteiger partial charge in [-0.1, -0.05) is 79.9 Å². The highest BCUT2D eigenvalue weighted by molar-refractivity contribution is 5.91. The van der Waals surface area contributed by atoms with Crippen LogP contribution in [0.5, 0.6) is 11.5 Å². The first-order valence-corrected chi connectivity index (χ1v) is 15.3. The van der Waals surface area contributed by atoms with Gasteiger partial charge in [-0.15, -0.1) is 0 Å². The molecule has 0 atom stereocenters. The van der Waals surface area contributed by atoms with Crippen LogP contribution in [0.25, 0.3) is 0 Å². The molecule has 0 aliphatic heterocycles. The Kier molecular flexibility index (Phi) is 13.2. The van der Waals surface area contributed by atoms with Crippen LogP contribution < -0.4 is 20.1 Å². The molecule has 0 aliphatic carbocycles. The van der Waals surface area contributed by atoms with Gasteiger partial charge < -0.3 is 20.1 Å². The summed E-state index contributed by atoms with van der Waals surface area (Å²) in [5.41, 5.74) is 4.04. The number of amides is 2. The van der Waals surface area contributed by atoms with Gasteiger partial charge in [0.25, 0.3) is 0 Å². The Bertz CT molecular complexity index is 1250. The summed E-state index contributed by atoms with van der Waals surface area (Å²) >= 11 is 0. The molecule has 224 valence electrons. The van der Waals surface area contributed by atoms with E-state index in [1.807, 2.05) is 84.9 Å². The fourth-order valence-electron chi connectivity index (χ4n) is 4.68. The van der Waals surface area contributed by atoms with Gasteiger partial charge in [-0.3, -0.25) is 9.59 Å². The van der Waals surface area contributed by atoms with Crippen LogP contribution in [0.3, 0.4) is 0 Å². The molecule has 2 N–H and O–H groups in total. The summed E-state index contributed by atoms with van der Waals surface area (Å²) in [5.74, 6) is 1.62. The SMILES string of the molecule is O=C(CCCCCCCC(=O)Nc1ccc(OCCc2ccccc2)cc1)Nc1ccc(OCCc2ccccc2)cc1. The number of carbonyl (C=O) groups is 2. The Morgan fingerprint density at radius 3 is 1.23 bits per heavy atom. The molecule has 0 aromatic heterocycles. The molecule has 0 heterocycles. The topological polar surface area (TPSA) is 76.7 Å². The number of rotatable bonds is 18. The van der Waals surface area contributed by atoms with Crippen molar-refractivity contribution in [3.8, 4) is 11.5 Å². The number of ether oxygens (including phenoxy) is 2. The molecule has 4 aromatic rings. The minimum atomic E-state index is 0.0183. The lowest BCUT2D eigenvalue weighted by Gasteiger charge is -2.09. The van der Waals surface area contributed by atoms with Crippen molar-refractivity contribution in [2.75, 3.05) is 23.8 Å². The highest BCUT2D eigenvalue weighted by Crippen LogP contribution is 2.18. The number of hydrogen-bond donors (Lipinski definition) is 2. The van der Waals surface area contributed by atoms with Crippen molar-refractivity contribution >= 4 is 23.2 Å². The van der Waals surface area contributed by atoms with Crippen LogP contribution in [0.1, 0.15) is 56.1 Å². The second kappa shape index (κ2) is 18.1. The zero-order chi connectivity index (χ0) is 30.0. The number of benzene rings is 4. The van der Waals surface area contributed by atoms with Gasteiger partial charge in [-0.25, -0.2) is 0 Å². The molecule has 0 saturated carbocycles. The Morgan fingerprint density at radius 2 is 0.837 bits per heavy atom. The standard InChI is InChI=1S/C37H42N2O4/c40-36(38-32-18-22-34(23-19-32)42-28-26-30-12-6-4-7-13-30)16-10-2-1-3-11-17-37(41)39-33-20-24-35(25-21-33)43-29-27-31-14-8-5-9-15-31/h4-9,12-15,18-25H,1-3,10-11,16-17,26-29H2,(H,38,40)(H,39,41). The summed E-state index contributed by atoms with van der Waals surface area (Å²) in [6, 6.07) is 35.5. The van der Waals surface area contributed by atoms with Gasteiger partial charge in [0.05, 0.1) is 13.2 Å². The number of unbranched alkanes of at least 4 members (excludes halogenated alkanes) is 4. The molecule has 0 saturated heterocycles. The van der Waals surface area contributed by atoms with Gasteiger partial charge in [0, 0.05) is 37.1 Å². The lowest BCUT2D eigenvalue weighted by Crippen LogP contribution is -2.11. The predicted octanol–water partition coefficient (Wildman–Crippen LogP) is 8.24. The maximum atomic E-state index is 12.3. The summed E-state index contributed by atoms with van der Waals surface area (Å²) in [5, 5.41) is 5.91. The first-order valence-electron chi connectivity index (χ1n) is 15.3. The molecule has 4 rings (SSSR count).